The zero-order valence-corrected chi connectivity index (χ0v) is 5.13. The molecule has 0 aromatic carbocycles. The molecule has 0 saturated carbocycles. The van der Waals surface area contributed by atoms with Crippen molar-refractivity contribution in [1.82, 2.24) is 0 Å². The molecule has 4 heteroatoms. The van der Waals surface area contributed by atoms with E-state index in [0.29, 0.717) is 0 Å². The Balaban J connectivity index is 3.72. The Morgan fingerprint density at radius 3 is 2.00 bits per heavy atom. The first-order valence-electron chi connectivity index (χ1n) is 1.43. The third-order valence-corrected chi connectivity index (χ3v) is 0.640. The van der Waals surface area contributed by atoms with Gasteiger partial charge in [0.2, 0.25) is 4.74 Å². The zero-order chi connectivity index (χ0) is 5.86. The summed E-state index contributed by atoms with van der Waals surface area (Å²) in [7, 11) is 1.04. The smallest absolute Gasteiger partial charge is 0.316 e. The van der Waals surface area contributed by atoms with E-state index < -0.39 is 10.7 Å². The molecule has 42 valence electrons. The first kappa shape index (κ1) is 6.88. The second kappa shape index (κ2) is 2.96. The molecule has 0 aliphatic carbocycles. The minimum atomic E-state index is -1.24. The fourth-order valence-corrected chi connectivity index (χ4v) is 0.239. The summed E-state index contributed by atoms with van der Waals surface area (Å²) in [5, 5.41) is 0. The fraction of sp³-hybridized carbons (Fsp3) is 0.333. The molecule has 0 amide bonds. The molecule has 0 aromatic rings. The van der Waals surface area contributed by atoms with Crippen molar-refractivity contribution >= 4 is 15.9 Å². The first-order valence-corrected chi connectivity index (χ1v) is 2.22. The van der Waals surface area contributed by atoms with Crippen LogP contribution in [0.15, 0.2) is 10.7 Å². The monoisotopic (exact) mass is 172 g/mol. The Bertz CT molecular complexity index is 86.9. The van der Waals surface area contributed by atoms with Gasteiger partial charge >= 0.3 is 6.01 Å². The average molecular weight is 173 g/mol. The van der Waals surface area contributed by atoms with Crippen molar-refractivity contribution in [3.05, 3.63) is 10.7 Å². The Labute approximate surface area is 48.1 Å². The van der Waals surface area contributed by atoms with Crippen molar-refractivity contribution < 1.29 is 13.5 Å². The van der Waals surface area contributed by atoms with Crippen molar-refractivity contribution in [2.45, 2.75) is 0 Å². The maximum Gasteiger partial charge on any atom is 0.316 e. The first-order chi connectivity index (χ1) is 3.18. The summed E-state index contributed by atoms with van der Waals surface area (Å²) in [6.45, 7) is 0. The molecule has 0 heterocycles. The van der Waals surface area contributed by atoms with E-state index in [1.807, 2.05) is 0 Å². The van der Waals surface area contributed by atoms with Gasteiger partial charge in [-0.3, -0.25) is 0 Å². The Morgan fingerprint density at radius 2 is 2.00 bits per heavy atom. The molecule has 0 rings (SSSR count). The molecule has 0 aromatic heterocycles. The molecule has 0 atom stereocenters. The summed E-state index contributed by atoms with van der Waals surface area (Å²) in [5.41, 5.74) is 0. The molecule has 0 spiro atoms. The highest BCUT2D eigenvalue weighted by Gasteiger charge is 1.97. The SMILES string of the molecule is CO/C(F)=C(\F)Br. The van der Waals surface area contributed by atoms with Gasteiger partial charge in [-0.1, -0.05) is 0 Å². The number of methoxy groups -OCH3 is 1. The molecule has 0 aliphatic heterocycles. The van der Waals surface area contributed by atoms with E-state index in [0.717, 1.165) is 7.11 Å². The molecular weight excluding hydrogens is 170 g/mol. The van der Waals surface area contributed by atoms with Gasteiger partial charge in [0.25, 0.3) is 0 Å². The Hall–Kier alpha value is -0.120. The third kappa shape index (κ3) is 2.56. The summed E-state index contributed by atoms with van der Waals surface area (Å²) in [5.74, 6) is 0. The predicted molar refractivity (Wildman–Crippen MR) is 25.2 cm³/mol. The van der Waals surface area contributed by atoms with Crippen LogP contribution in [-0.4, -0.2) is 7.11 Å². The molecular formula is C3H3BrF2O. The molecule has 0 bridgehead atoms. The van der Waals surface area contributed by atoms with E-state index in [-0.39, 0.29) is 0 Å². The van der Waals surface area contributed by atoms with Gasteiger partial charge in [0.05, 0.1) is 7.11 Å². The minimum absolute atomic E-state index is 1.04. The van der Waals surface area contributed by atoms with Gasteiger partial charge in [-0.05, 0) is 15.9 Å². The lowest BCUT2D eigenvalue weighted by molar-refractivity contribution is 0.193. The van der Waals surface area contributed by atoms with E-state index in [1.54, 1.807) is 0 Å². The second-order valence-electron chi connectivity index (χ2n) is 0.738. The van der Waals surface area contributed by atoms with Gasteiger partial charge in [-0.25, -0.2) is 0 Å². The summed E-state index contributed by atoms with van der Waals surface area (Å²) in [6, 6.07) is -1.24. The normalized spacial score (nSPS) is 13.1. The van der Waals surface area contributed by atoms with Crippen molar-refractivity contribution in [1.29, 1.82) is 0 Å². The van der Waals surface area contributed by atoms with E-state index >= 15 is 0 Å². The van der Waals surface area contributed by atoms with Gasteiger partial charge < -0.3 is 4.74 Å². The Kier molecular flexibility index (Phi) is 2.91. The molecule has 0 radical (unpaired) electrons. The maximum atomic E-state index is 11.5. The predicted octanol–water partition coefficient (Wildman–Crippen LogP) is 2.09. The largest absolute Gasteiger partial charge is 0.472 e. The maximum absolute atomic E-state index is 11.5. The number of halogens is 3. The molecule has 0 saturated heterocycles. The van der Waals surface area contributed by atoms with E-state index in [4.69, 9.17) is 0 Å². The van der Waals surface area contributed by atoms with Crippen LogP contribution in [0.5, 0.6) is 0 Å². The van der Waals surface area contributed by atoms with Gasteiger partial charge in [-0.15, -0.1) is 0 Å². The standard InChI is InChI=1S/C3H3BrF2O/c1-7-3(6)2(4)5/h1H3/b3-2-. The third-order valence-electron chi connectivity index (χ3n) is 0.328. The number of hydrogen-bond acceptors (Lipinski definition) is 1. The lowest BCUT2D eigenvalue weighted by Crippen LogP contribution is -1.75. The van der Waals surface area contributed by atoms with Crippen LogP contribution in [-0.2, 0) is 4.74 Å². The number of hydrogen-bond donors (Lipinski definition) is 0. The van der Waals surface area contributed by atoms with Crippen molar-refractivity contribution in [2.75, 3.05) is 7.11 Å². The van der Waals surface area contributed by atoms with Crippen LogP contribution in [0.25, 0.3) is 0 Å². The van der Waals surface area contributed by atoms with Crippen LogP contribution in [0.4, 0.5) is 8.78 Å². The average Bonchev–Trinajstić information content (AvgIpc) is 1.65. The summed E-state index contributed by atoms with van der Waals surface area (Å²) < 4.78 is 25.6. The fourth-order valence-electron chi connectivity index (χ4n) is 0.0772. The summed E-state index contributed by atoms with van der Waals surface area (Å²) in [6.07, 6.45) is 0. The second-order valence-corrected chi connectivity index (χ2v) is 1.43. The molecule has 0 aliphatic rings. The van der Waals surface area contributed by atoms with Crippen molar-refractivity contribution in [3.8, 4) is 0 Å². The molecule has 0 unspecified atom stereocenters. The minimum Gasteiger partial charge on any atom is -0.472 e. The quantitative estimate of drug-likeness (QED) is 0.551. The van der Waals surface area contributed by atoms with E-state index in [1.165, 1.54) is 0 Å². The van der Waals surface area contributed by atoms with Crippen molar-refractivity contribution in [2.24, 2.45) is 0 Å². The summed E-state index contributed by atoms with van der Waals surface area (Å²) in [4.78, 5) is 0. The molecule has 0 fully saturated rings. The van der Waals surface area contributed by atoms with Crippen LogP contribution in [0.1, 0.15) is 0 Å². The van der Waals surface area contributed by atoms with Crippen LogP contribution in [0.3, 0.4) is 0 Å². The highest BCUT2D eigenvalue weighted by atomic mass is 79.9. The topological polar surface area (TPSA) is 9.23 Å². The molecule has 7 heavy (non-hydrogen) atoms. The van der Waals surface area contributed by atoms with Crippen LogP contribution >= 0.6 is 15.9 Å². The van der Waals surface area contributed by atoms with E-state index in [9.17, 15) is 8.78 Å². The summed E-state index contributed by atoms with van der Waals surface area (Å²) >= 11 is 2.21. The lowest BCUT2D eigenvalue weighted by atomic mass is 11.0. The zero-order valence-electron chi connectivity index (χ0n) is 3.54. The number of rotatable bonds is 1. The van der Waals surface area contributed by atoms with Crippen molar-refractivity contribution in [3.63, 3.8) is 0 Å². The van der Waals surface area contributed by atoms with Crippen LogP contribution < -0.4 is 0 Å². The van der Waals surface area contributed by atoms with Gasteiger partial charge in [0.1, 0.15) is 0 Å². The van der Waals surface area contributed by atoms with Crippen LogP contribution in [0, 0.1) is 0 Å². The van der Waals surface area contributed by atoms with Gasteiger partial charge in [0, 0.05) is 0 Å². The number of ether oxygens (including phenoxy) is 1. The molecule has 1 nitrogen and oxygen atoms in total. The van der Waals surface area contributed by atoms with E-state index in [2.05, 4.69) is 20.7 Å². The Morgan fingerprint density at radius 1 is 1.57 bits per heavy atom. The van der Waals surface area contributed by atoms with Gasteiger partial charge in [0.15, 0.2) is 0 Å². The van der Waals surface area contributed by atoms with Gasteiger partial charge in [-0.2, -0.15) is 8.78 Å². The highest BCUT2D eigenvalue weighted by molar-refractivity contribution is 9.11. The van der Waals surface area contributed by atoms with Crippen LogP contribution in [0.2, 0.25) is 0 Å². The molecule has 0 N–H and O–H groups in total. The lowest BCUT2D eigenvalue weighted by Gasteiger charge is -1.88. The highest BCUT2D eigenvalue weighted by Crippen LogP contribution is 2.13.